The Morgan fingerprint density at radius 2 is 1.59 bits per heavy atom. The van der Waals surface area contributed by atoms with Gasteiger partial charge in [0.15, 0.2) is 0 Å². The number of hydrogen-bond acceptors (Lipinski definition) is 5. The lowest BCUT2D eigenvalue weighted by Crippen LogP contribution is -2.40. The minimum atomic E-state index is -4.03. The number of carboxylic acid groups (broad SMARTS) is 1. The third-order valence-electron chi connectivity index (χ3n) is 8.23. The van der Waals surface area contributed by atoms with Crippen molar-refractivity contribution in [3.63, 3.8) is 0 Å². The summed E-state index contributed by atoms with van der Waals surface area (Å²) in [5, 5.41) is 19.7. The average molecular weight is 613 g/mol. The van der Waals surface area contributed by atoms with E-state index in [9.17, 15) is 28.2 Å². The molecule has 0 atom stereocenters. The van der Waals surface area contributed by atoms with Crippen molar-refractivity contribution in [3.05, 3.63) is 113 Å². The molecule has 1 aliphatic carbocycles. The Labute approximate surface area is 258 Å². The molecule has 8 nitrogen and oxygen atoms in total. The highest BCUT2D eigenvalue weighted by Crippen LogP contribution is 2.33. The maximum Gasteiger partial charge on any atom is 0.339 e. The highest BCUT2D eigenvalue weighted by molar-refractivity contribution is 7.89. The Kier molecular flexibility index (Phi) is 9.46. The summed E-state index contributed by atoms with van der Waals surface area (Å²) >= 11 is 0. The zero-order chi connectivity index (χ0) is 31.3. The van der Waals surface area contributed by atoms with Crippen LogP contribution in [-0.2, 0) is 21.4 Å². The topological polar surface area (TPSA) is 124 Å². The van der Waals surface area contributed by atoms with Crippen LogP contribution in [0, 0.1) is 6.92 Å². The van der Waals surface area contributed by atoms with E-state index in [2.05, 4.69) is 16.9 Å². The highest BCUT2D eigenvalue weighted by atomic mass is 32.2. The van der Waals surface area contributed by atoms with E-state index in [4.69, 9.17) is 0 Å². The Bertz CT molecular complexity index is 1750. The Morgan fingerprint density at radius 1 is 0.886 bits per heavy atom. The van der Waals surface area contributed by atoms with Gasteiger partial charge in [-0.15, -0.1) is 0 Å². The lowest BCUT2D eigenvalue weighted by atomic mass is 9.84. The molecule has 44 heavy (non-hydrogen) atoms. The third-order valence-corrected chi connectivity index (χ3v) is 9.63. The maximum atomic E-state index is 13.6. The molecule has 1 aliphatic rings. The van der Waals surface area contributed by atoms with Crippen LogP contribution in [0.5, 0.6) is 5.75 Å². The summed E-state index contributed by atoms with van der Waals surface area (Å²) < 4.78 is 28.9. The van der Waals surface area contributed by atoms with E-state index in [1.807, 2.05) is 49.4 Å². The number of nitrogens with zero attached hydrogens (tertiary/aromatic N) is 1. The number of aromatic carboxylic acids is 1. The van der Waals surface area contributed by atoms with Gasteiger partial charge in [0.1, 0.15) is 11.3 Å². The van der Waals surface area contributed by atoms with Gasteiger partial charge in [-0.05, 0) is 77.8 Å². The SMILES string of the molecule is Cc1cc(S(=O)(=O)NCC(=O)N(Cc2ccc(C3CCCCC3)cc2)c2ccc(C(=O)O)c(O)c2)ccc1-c1ccccc1. The van der Waals surface area contributed by atoms with E-state index in [0.717, 1.165) is 35.1 Å². The number of carbonyl (C=O) groups excluding carboxylic acids is 1. The Balaban J connectivity index is 1.36. The van der Waals surface area contributed by atoms with E-state index in [0.29, 0.717) is 5.92 Å². The zero-order valence-electron chi connectivity index (χ0n) is 24.6. The van der Waals surface area contributed by atoms with Gasteiger partial charge in [-0.1, -0.05) is 79.9 Å². The second-order valence-corrected chi connectivity index (χ2v) is 13.0. The zero-order valence-corrected chi connectivity index (χ0v) is 25.4. The molecule has 1 fully saturated rings. The molecule has 3 N–H and O–H groups in total. The number of aryl methyl sites for hydroxylation is 1. The summed E-state index contributed by atoms with van der Waals surface area (Å²) in [5.41, 5.74) is 4.68. The van der Waals surface area contributed by atoms with Crippen molar-refractivity contribution in [3.8, 4) is 16.9 Å². The van der Waals surface area contributed by atoms with Gasteiger partial charge in [0.05, 0.1) is 18.0 Å². The summed E-state index contributed by atoms with van der Waals surface area (Å²) in [7, 11) is -4.03. The number of benzene rings is 4. The number of phenols is 1. The van der Waals surface area contributed by atoms with E-state index >= 15 is 0 Å². The largest absolute Gasteiger partial charge is 0.507 e. The van der Waals surface area contributed by atoms with E-state index < -0.39 is 34.2 Å². The summed E-state index contributed by atoms with van der Waals surface area (Å²) in [4.78, 5) is 26.4. The highest BCUT2D eigenvalue weighted by Gasteiger charge is 2.23. The molecular formula is C35H36N2O6S. The quantitative estimate of drug-likeness (QED) is 0.185. The Morgan fingerprint density at radius 3 is 2.23 bits per heavy atom. The van der Waals surface area contributed by atoms with Gasteiger partial charge in [-0.25, -0.2) is 17.9 Å². The molecule has 0 saturated heterocycles. The summed E-state index contributed by atoms with van der Waals surface area (Å²) in [6, 6.07) is 26.4. The van der Waals surface area contributed by atoms with Crippen LogP contribution in [0.4, 0.5) is 5.69 Å². The molecule has 0 aromatic heterocycles. The molecule has 0 heterocycles. The van der Waals surface area contributed by atoms with Crippen LogP contribution in [0.25, 0.3) is 11.1 Å². The van der Waals surface area contributed by atoms with E-state index in [1.165, 1.54) is 54.0 Å². The smallest absolute Gasteiger partial charge is 0.339 e. The molecule has 0 radical (unpaired) electrons. The van der Waals surface area contributed by atoms with Crippen LogP contribution in [0.3, 0.4) is 0 Å². The van der Waals surface area contributed by atoms with Gasteiger partial charge >= 0.3 is 5.97 Å². The predicted molar refractivity (Wildman–Crippen MR) is 170 cm³/mol. The number of aromatic hydroxyl groups is 1. The normalized spacial score (nSPS) is 13.8. The number of sulfonamides is 1. The third kappa shape index (κ3) is 7.18. The molecule has 0 aliphatic heterocycles. The second kappa shape index (κ2) is 13.4. The maximum absolute atomic E-state index is 13.6. The van der Waals surface area contributed by atoms with Crippen LogP contribution in [0.2, 0.25) is 0 Å². The molecule has 0 spiro atoms. The first-order chi connectivity index (χ1) is 21.1. The number of rotatable bonds is 10. The summed E-state index contributed by atoms with van der Waals surface area (Å²) in [5.74, 6) is -1.83. The van der Waals surface area contributed by atoms with Crippen LogP contribution in [0.1, 0.15) is 65.1 Å². The molecule has 9 heteroatoms. The van der Waals surface area contributed by atoms with Crippen LogP contribution in [0.15, 0.2) is 95.9 Å². The minimum absolute atomic E-state index is 0.0378. The number of anilines is 1. The van der Waals surface area contributed by atoms with Gasteiger partial charge in [0, 0.05) is 11.8 Å². The molecule has 228 valence electrons. The fourth-order valence-electron chi connectivity index (χ4n) is 5.79. The first-order valence-corrected chi connectivity index (χ1v) is 16.2. The van der Waals surface area contributed by atoms with E-state index in [-0.39, 0.29) is 22.7 Å². The molecule has 5 rings (SSSR count). The van der Waals surface area contributed by atoms with Crippen LogP contribution >= 0.6 is 0 Å². The average Bonchev–Trinajstić information content (AvgIpc) is 3.03. The number of hydrogen-bond donors (Lipinski definition) is 3. The van der Waals surface area contributed by atoms with Gasteiger partial charge in [-0.2, -0.15) is 0 Å². The van der Waals surface area contributed by atoms with E-state index in [1.54, 1.807) is 12.1 Å². The van der Waals surface area contributed by atoms with Crippen molar-refractivity contribution < 1.29 is 28.2 Å². The Hall–Kier alpha value is -4.47. The molecule has 0 unspecified atom stereocenters. The monoisotopic (exact) mass is 612 g/mol. The van der Waals surface area contributed by atoms with Gasteiger partial charge in [-0.3, -0.25) is 4.79 Å². The molecule has 0 bridgehead atoms. The standard InChI is InChI=1S/C35H36N2O6S/c1-24-20-30(17-19-31(24)28-10-6-3-7-11-28)44(42,43)36-22-34(39)37(29-16-18-32(35(40)41)33(38)21-29)23-25-12-14-27(15-13-25)26-8-4-2-5-9-26/h3,6-7,10-21,26,36,38H,2,4-5,8-9,22-23H2,1H3,(H,40,41). The van der Waals surface area contributed by atoms with Gasteiger partial charge in [0.2, 0.25) is 15.9 Å². The first kappa shape index (κ1) is 31.0. The van der Waals surface area contributed by atoms with Gasteiger partial charge < -0.3 is 15.1 Å². The van der Waals surface area contributed by atoms with Crippen LogP contribution < -0.4 is 9.62 Å². The van der Waals surface area contributed by atoms with Crippen molar-refractivity contribution in [1.82, 2.24) is 4.72 Å². The van der Waals surface area contributed by atoms with Crippen molar-refractivity contribution in [2.75, 3.05) is 11.4 Å². The second-order valence-electron chi connectivity index (χ2n) is 11.2. The lowest BCUT2D eigenvalue weighted by molar-refractivity contribution is -0.117. The van der Waals surface area contributed by atoms with Crippen molar-refractivity contribution >= 4 is 27.6 Å². The number of carboxylic acids is 1. The minimum Gasteiger partial charge on any atom is -0.507 e. The van der Waals surface area contributed by atoms with Crippen molar-refractivity contribution in [2.45, 2.75) is 56.4 Å². The van der Waals surface area contributed by atoms with Crippen molar-refractivity contribution in [1.29, 1.82) is 0 Å². The molecule has 1 saturated carbocycles. The fraction of sp³-hybridized carbons (Fsp3) is 0.257. The van der Waals surface area contributed by atoms with Crippen LogP contribution in [-0.4, -0.2) is 37.1 Å². The predicted octanol–water partition coefficient (Wildman–Crippen LogP) is 6.63. The molecule has 4 aromatic rings. The first-order valence-electron chi connectivity index (χ1n) is 14.7. The summed E-state index contributed by atoms with van der Waals surface area (Å²) in [6.45, 7) is 1.40. The summed E-state index contributed by atoms with van der Waals surface area (Å²) in [6.07, 6.45) is 6.03. The number of carbonyl (C=O) groups is 2. The number of nitrogens with one attached hydrogen (secondary N) is 1. The van der Waals surface area contributed by atoms with Crippen molar-refractivity contribution in [2.24, 2.45) is 0 Å². The molecule has 1 amide bonds. The molecule has 4 aromatic carbocycles. The lowest BCUT2D eigenvalue weighted by Gasteiger charge is -2.25. The fourth-order valence-corrected chi connectivity index (χ4v) is 6.85. The number of amides is 1. The van der Waals surface area contributed by atoms with Gasteiger partial charge in [0.25, 0.3) is 0 Å². The molecular weight excluding hydrogens is 576 g/mol.